The number of hydrogen-bond acceptors (Lipinski definition) is 1. The van der Waals surface area contributed by atoms with E-state index in [9.17, 15) is 0 Å². The quantitative estimate of drug-likeness (QED) is 0.356. The molecule has 1 aliphatic carbocycles. The third-order valence-electron chi connectivity index (χ3n) is 1.08. The Morgan fingerprint density at radius 2 is 2.29 bits per heavy atom. The third-order valence-corrected chi connectivity index (χ3v) is 1.08. The number of nitrogens with zero attached hydrogens (tertiary/aromatic N) is 1. The Balaban J connectivity index is 0. The second-order valence-corrected chi connectivity index (χ2v) is 1.81. The molecule has 0 unspecified atom stereocenters. The molecule has 1 aliphatic rings. The molecular formula is C5H8LiN. The topological polar surface area (TPSA) is 23.8 Å². The molecule has 1 nitrogen and oxygen atoms in total. The van der Waals surface area contributed by atoms with Crippen molar-refractivity contribution in [2.45, 2.75) is 19.3 Å². The maximum atomic E-state index is 8.03. The minimum Gasteiger partial charge on any atom is -1.00 e. The van der Waals surface area contributed by atoms with Gasteiger partial charge in [-0.3, -0.25) is 0 Å². The largest absolute Gasteiger partial charge is 1.00 e. The molecule has 1 rings (SSSR count). The second-order valence-electron chi connectivity index (χ2n) is 1.81. The van der Waals surface area contributed by atoms with Gasteiger partial charge in [0.15, 0.2) is 0 Å². The van der Waals surface area contributed by atoms with Gasteiger partial charge in [-0.2, -0.15) is 5.26 Å². The minimum absolute atomic E-state index is 0. The van der Waals surface area contributed by atoms with E-state index in [4.69, 9.17) is 5.26 Å². The van der Waals surface area contributed by atoms with Gasteiger partial charge in [-0.05, 0) is 18.8 Å². The molecule has 0 aromatic heterocycles. The molecule has 0 aromatic carbocycles. The zero-order valence-corrected chi connectivity index (χ0v) is 4.65. The molecule has 0 heterocycles. The maximum Gasteiger partial charge on any atom is 1.00 e. The minimum atomic E-state index is 0. The molecule has 0 saturated heterocycles. The first-order valence-electron chi connectivity index (χ1n) is 2.30. The van der Waals surface area contributed by atoms with Crippen molar-refractivity contribution < 1.29 is 20.3 Å². The van der Waals surface area contributed by atoms with E-state index in [-0.39, 0.29) is 20.3 Å². The third kappa shape index (κ3) is 2.74. The van der Waals surface area contributed by atoms with Gasteiger partial charge < -0.3 is 1.43 Å². The van der Waals surface area contributed by atoms with E-state index in [1.165, 1.54) is 12.8 Å². The van der Waals surface area contributed by atoms with Gasteiger partial charge in [0.1, 0.15) is 0 Å². The van der Waals surface area contributed by atoms with Crippen LogP contribution in [0.3, 0.4) is 0 Å². The first-order chi connectivity index (χ1) is 2.93. The van der Waals surface area contributed by atoms with Crippen LogP contribution >= 0.6 is 0 Å². The van der Waals surface area contributed by atoms with E-state index in [0.29, 0.717) is 0 Å². The summed E-state index contributed by atoms with van der Waals surface area (Å²) in [6.07, 6.45) is 3.39. The Labute approximate surface area is 57.4 Å². The van der Waals surface area contributed by atoms with Gasteiger partial charge in [0.2, 0.25) is 0 Å². The molecule has 0 aromatic rings. The van der Waals surface area contributed by atoms with Crippen LogP contribution in [0.5, 0.6) is 0 Å². The molecule has 0 radical (unpaired) electrons. The van der Waals surface area contributed by atoms with E-state index in [0.717, 1.165) is 12.3 Å². The predicted molar refractivity (Wildman–Crippen MR) is 24.1 cm³/mol. The number of nitriles is 1. The average molecular weight is 89.1 g/mol. The van der Waals surface area contributed by atoms with Crippen LogP contribution in [0.2, 0.25) is 0 Å². The molecule has 7 heavy (non-hydrogen) atoms. The van der Waals surface area contributed by atoms with Crippen molar-refractivity contribution >= 4 is 0 Å². The molecule has 34 valence electrons. The average Bonchev–Trinajstić information content (AvgIpc) is 2.21. The molecule has 1 fully saturated rings. The van der Waals surface area contributed by atoms with Gasteiger partial charge in [0.05, 0.1) is 6.07 Å². The molecule has 0 spiro atoms. The Morgan fingerprint density at radius 3 is 2.43 bits per heavy atom. The molecule has 0 N–H and O–H groups in total. The maximum absolute atomic E-state index is 8.03. The number of hydrogen-bond donors (Lipinski definition) is 0. The van der Waals surface area contributed by atoms with Crippen molar-refractivity contribution in [3.8, 4) is 6.07 Å². The van der Waals surface area contributed by atoms with E-state index in [2.05, 4.69) is 6.07 Å². The molecule has 1 saturated carbocycles. The van der Waals surface area contributed by atoms with Crippen molar-refractivity contribution in [1.29, 1.82) is 5.26 Å². The van der Waals surface area contributed by atoms with E-state index in [1.807, 2.05) is 0 Å². The van der Waals surface area contributed by atoms with Crippen LogP contribution in [-0.4, -0.2) is 0 Å². The second kappa shape index (κ2) is 3.14. The summed E-state index contributed by atoms with van der Waals surface area (Å²) in [6, 6.07) is 2.13. The van der Waals surface area contributed by atoms with E-state index < -0.39 is 0 Å². The number of rotatable bonds is 1. The molecule has 0 atom stereocenters. The summed E-state index contributed by atoms with van der Waals surface area (Å²) in [5.74, 6) is 0.787. The molecule has 0 aliphatic heterocycles. The van der Waals surface area contributed by atoms with Gasteiger partial charge in [0.25, 0.3) is 0 Å². The molecule has 0 amide bonds. The van der Waals surface area contributed by atoms with Gasteiger partial charge in [0, 0.05) is 6.42 Å². The fourth-order valence-electron chi connectivity index (χ4n) is 0.451. The summed E-state index contributed by atoms with van der Waals surface area (Å²) < 4.78 is 0. The fraction of sp³-hybridized carbons (Fsp3) is 0.800. The predicted octanol–water partition coefficient (Wildman–Crippen LogP) is -1.57. The summed E-state index contributed by atoms with van der Waals surface area (Å²) in [5.41, 5.74) is 0. The summed E-state index contributed by atoms with van der Waals surface area (Å²) in [4.78, 5) is 0. The van der Waals surface area contributed by atoms with E-state index >= 15 is 0 Å². The van der Waals surface area contributed by atoms with Crippen molar-refractivity contribution in [3.05, 3.63) is 0 Å². The van der Waals surface area contributed by atoms with Crippen LogP contribution in [0, 0.1) is 17.2 Å². The summed E-state index contributed by atoms with van der Waals surface area (Å²) in [5, 5.41) is 8.03. The van der Waals surface area contributed by atoms with Crippen LogP contribution in [-0.2, 0) is 0 Å². The smallest absolute Gasteiger partial charge is 1.00 e. The normalized spacial score (nSPS) is 17.0. The SMILES string of the molecule is N#CCC1CC1.[H-].[Li+]. The van der Waals surface area contributed by atoms with E-state index in [1.54, 1.807) is 0 Å². The Morgan fingerprint density at radius 1 is 1.71 bits per heavy atom. The monoisotopic (exact) mass is 89.1 g/mol. The molecule has 0 bridgehead atoms. The summed E-state index contributed by atoms with van der Waals surface area (Å²) >= 11 is 0. The van der Waals surface area contributed by atoms with Crippen LogP contribution in [0.4, 0.5) is 0 Å². The summed E-state index contributed by atoms with van der Waals surface area (Å²) in [6.45, 7) is 0. The van der Waals surface area contributed by atoms with Gasteiger partial charge in [-0.1, -0.05) is 0 Å². The fourth-order valence-corrected chi connectivity index (χ4v) is 0.451. The van der Waals surface area contributed by atoms with Crippen LogP contribution in [0.1, 0.15) is 20.7 Å². The Bertz CT molecular complexity index is 84.9. The molecular weight excluding hydrogens is 81.0 g/mol. The van der Waals surface area contributed by atoms with Gasteiger partial charge in [-0.15, -0.1) is 0 Å². The van der Waals surface area contributed by atoms with Crippen molar-refractivity contribution in [1.82, 2.24) is 0 Å². The van der Waals surface area contributed by atoms with Crippen LogP contribution in [0.25, 0.3) is 0 Å². The van der Waals surface area contributed by atoms with Gasteiger partial charge >= 0.3 is 18.9 Å². The first-order valence-corrected chi connectivity index (χ1v) is 2.30. The standard InChI is InChI=1S/C5H7N.Li.H/c6-4-3-5-1-2-5;;/h5H,1-3H2;;/q;+1;-1. The molecule has 2 heteroatoms. The Hall–Kier alpha value is 0.0874. The zero-order valence-electron chi connectivity index (χ0n) is 5.65. The van der Waals surface area contributed by atoms with Crippen molar-refractivity contribution in [2.75, 3.05) is 0 Å². The zero-order chi connectivity index (χ0) is 4.41. The van der Waals surface area contributed by atoms with Crippen LogP contribution < -0.4 is 18.9 Å². The van der Waals surface area contributed by atoms with Crippen LogP contribution in [0.15, 0.2) is 0 Å². The van der Waals surface area contributed by atoms with Crippen molar-refractivity contribution in [2.24, 2.45) is 5.92 Å². The van der Waals surface area contributed by atoms with Gasteiger partial charge in [-0.25, -0.2) is 0 Å². The van der Waals surface area contributed by atoms with Crippen molar-refractivity contribution in [3.63, 3.8) is 0 Å². The Kier molecular flexibility index (Phi) is 3.18. The summed E-state index contributed by atoms with van der Waals surface area (Å²) in [7, 11) is 0. The first kappa shape index (κ1) is 7.09.